The van der Waals surface area contributed by atoms with Crippen LogP contribution in [0.25, 0.3) is 0 Å². The summed E-state index contributed by atoms with van der Waals surface area (Å²) in [6, 6.07) is 0. The van der Waals surface area contributed by atoms with Crippen LogP contribution in [0.1, 0.15) is 47.0 Å². The number of aliphatic hydroxyl groups excluding tert-OH is 1. The molecular formula is C13H26N2O3. The average molecular weight is 258 g/mol. The molecular weight excluding hydrogens is 232 g/mol. The van der Waals surface area contributed by atoms with E-state index in [2.05, 4.69) is 10.6 Å². The van der Waals surface area contributed by atoms with Gasteiger partial charge in [-0.15, -0.1) is 0 Å². The normalized spacial score (nSPS) is 12.9. The van der Waals surface area contributed by atoms with Crippen LogP contribution < -0.4 is 10.6 Å². The van der Waals surface area contributed by atoms with Crippen molar-refractivity contribution in [2.24, 2.45) is 5.41 Å². The Labute approximate surface area is 109 Å². The van der Waals surface area contributed by atoms with Gasteiger partial charge in [-0.25, -0.2) is 0 Å². The first-order chi connectivity index (χ1) is 8.35. The Morgan fingerprint density at radius 1 is 1.17 bits per heavy atom. The van der Waals surface area contributed by atoms with E-state index in [0.717, 1.165) is 6.42 Å². The number of nitrogens with one attached hydrogen (secondary N) is 2. The van der Waals surface area contributed by atoms with Gasteiger partial charge in [-0.05, 0) is 18.3 Å². The smallest absolute Gasteiger partial charge is 0.249 e. The highest BCUT2D eigenvalue weighted by molar-refractivity contribution is 5.82. The van der Waals surface area contributed by atoms with Gasteiger partial charge in [0.2, 0.25) is 11.8 Å². The summed E-state index contributed by atoms with van der Waals surface area (Å²) in [5.41, 5.74) is -0.450. The minimum absolute atomic E-state index is 0.0820. The second kappa shape index (κ2) is 8.08. The van der Waals surface area contributed by atoms with Crippen LogP contribution in [-0.4, -0.2) is 36.1 Å². The molecule has 0 spiro atoms. The molecule has 0 aromatic carbocycles. The van der Waals surface area contributed by atoms with E-state index in [1.165, 1.54) is 0 Å². The van der Waals surface area contributed by atoms with Crippen molar-refractivity contribution in [2.45, 2.75) is 53.1 Å². The number of rotatable bonds is 8. The highest BCUT2D eigenvalue weighted by Gasteiger charge is 2.31. The van der Waals surface area contributed by atoms with Crippen molar-refractivity contribution in [3.8, 4) is 0 Å². The first-order valence-electron chi connectivity index (χ1n) is 6.57. The molecule has 0 heterocycles. The van der Waals surface area contributed by atoms with Gasteiger partial charge in [0.1, 0.15) is 6.10 Å². The molecule has 0 aromatic heterocycles. The molecule has 0 bridgehead atoms. The first kappa shape index (κ1) is 16.9. The van der Waals surface area contributed by atoms with E-state index in [1.807, 2.05) is 27.7 Å². The van der Waals surface area contributed by atoms with Crippen LogP contribution in [0.3, 0.4) is 0 Å². The van der Waals surface area contributed by atoms with Gasteiger partial charge in [-0.1, -0.05) is 27.7 Å². The molecule has 2 amide bonds. The zero-order chi connectivity index (χ0) is 14.2. The maximum absolute atomic E-state index is 11.7. The molecule has 1 atom stereocenters. The Hall–Kier alpha value is -1.10. The minimum Gasteiger partial charge on any atom is -0.383 e. The quantitative estimate of drug-likeness (QED) is 0.603. The SMILES string of the molecule is CCCNC(=O)CCNC(=O)C(O)C(C)(C)CC. The summed E-state index contributed by atoms with van der Waals surface area (Å²) in [5, 5.41) is 15.1. The van der Waals surface area contributed by atoms with Gasteiger partial charge >= 0.3 is 0 Å². The topological polar surface area (TPSA) is 78.4 Å². The van der Waals surface area contributed by atoms with E-state index >= 15 is 0 Å². The Morgan fingerprint density at radius 2 is 1.78 bits per heavy atom. The molecule has 106 valence electrons. The number of hydrogen-bond acceptors (Lipinski definition) is 3. The highest BCUT2D eigenvalue weighted by atomic mass is 16.3. The molecule has 0 aromatic rings. The lowest BCUT2D eigenvalue weighted by molar-refractivity contribution is -0.135. The van der Waals surface area contributed by atoms with E-state index in [4.69, 9.17) is 0 Å². The van der Waals surface area contributed by atoms with Crippen LogP contribution in [0.15, 0.2) is 0 Å². The van der Waals surface area contributed by atoms with Gasteiger partial charge in [-0.2, -0.15) is 0 Å². The fourth-order valence-electron chi connectivity index (χ4n) is 1.30. The molecule has 0 saturated carbocycles. The number of carbonyl (C=O) groups excluding carboxylic acids is 2. The zero-order valence-corrected chi connectivity index (χ0v) is 11.9. The van der Waals surface area contributed by atoms with Gasteiger partial charge in [-0.3, -0.25) is 9.59 Å². The Balaban J connectivity index is 3.94. The second-order valence-electron chi connectivity index (χ2n) is 5.14. The van der Waals surface area contributed by atoms with Crippen molar-refractivity contribution in [3.05, 3.63) is 0 Å². The van der Waals surface area contributed by atoms with Crippen molar-refractivity contribution in [1.29, 1.82) is 0 Å². The minimum atomic E-state index is -1.04. The van der Waals surface area contributed by atoms with Crippen molar-refractivity contribution >= 4 is 11.8 Å². The van der Waals surface area contributed by atoms with Crippen LogP contribution in [0, 0.1) is 5.41 Å². The molecule has 5 heteroatoms. The number of amides is 2. The van der Waals surface area contributed by atoms with Gasteiger partial charge in [0.15, 0.2) is 0 Å². The third kappa shape index (κ3) is 6.00. The van der Waals surface area contributed by atoms with E-state index in [1.54, 1.807) is 0 Å². The predicted octanol–water partition coefficient (Wildman–Crippen LogP) is 0.816. The molecule has 0 radical (unpaired) electrons. The fraction of sp³-hybridized carbons (Fsp3) is 0.846. The van der Waals surface area contributed by atoms with Gasteiger partial charge < -0.3 is 15.7 Å². The van der Waals surface area contributed by atoms with Crippen LogP contribution in [0.2, 0.25) is 0 Å². The van der Waals surface area contributed by atoms with Crippen molar-refractivity contribution in [2.75, 3.05) is 13.1 Å². The predicted molar refractivity (Wildman–Crippen MR) is 71.0 cm³/mol. The lowest BCUT2D eigenvalue weighted by Gasteiger charge is -2.28. The first-order valence-corrected chi connectivity index (χ1v) is 6.57. The molecule has 1 unspecified atom stereocenters. The van der Waals surface area contributed by atoms with E-state index in [-0.39, 0.29) is 18.9 Å². The summed E-state index contributed by atoms with van der Waals surface area (Å²) in [6.07, 6.45) is 0.798. The Bertz CT molecular complexity index is 277. The molecule has 3 N–H and O–H groups in total. The second-order valence-corrected chi connectivity index (χ2v) is 5.14. The number of carbonyl (C=O) groups is 2. The summed E-state index contributed by atoms with van der Waals surface area (Å²) < 4.78 is 0. The molecule has 0 rings (SSSR count). The van der Waals surface area contributed by atoms with Crippen LogP contribution in [0.4, 0.5) is 0 Å². The monoisotopic (exact) mass is 258 g/mol. The maximum atomic E-state index is 11.7. The van der Waals surface area contributed by atoms with Gasteiger partial charge in [0, 0.05) is 19.5 Å². The Morgan fingerprint density at radius 3 is 2.28 bits per heavy atom. The summed E-state index contributed by atoms with van der Waals surface area (Å²) in [6.45, 7) is 8.49. The van der Waals surface area contributed by atoms with Crippen molar-refractivity contribution in [3.63, 3.8) is 0 Å². The lowest BCUT2D eigenvalue weighted by atomic mass is 9.83. The molecule has 0 aliphatic rings. The molecule has 0 aliphatic heterocycles. The van der Waals surface area contributed by atoms with Gasteiger partial charge in [0.05, 0.1) is 0 Å². The summed E-state index contributed by atoms with van der Waals surface area (Å²) in [5.74, 6) is -0.494. The third-order valence-corrected chi connectivity index (χ3v) is 3.12. The van der Waals surface area contributed by atoms with Crippen molar-refractivity contribution in [1.82, 2.24) is 10.6 Å². The van der Waals surface area contributed by atoms with E-state index < -0.39 is 17.4 Å². The molecule has 18 heavy (non-hydrogen) atoms. The molecule has 0 saturated heterocycles. The van der Waals surface area contributed by atoms with E-state index in [0.29, 0.717) is 13.0 Å². The largest absolute Gasteiger partial charge is 0.383 e. The molecule has 0 aliphatic carbocycles. The van der Waals surface area contributed by atoms with Crippen molar-refractivity contribution < 1.29 is 14.7 Å². The number of aliphatic hydroxyl groups is 1. The number of hydrogen-bond donors (Lipinski definition) is 3. The zero-order valence-electron chi connectivity index (χ0n) is 11.9. The van der Waals surface area contributed by atoms with E-state index in [9.17, 15) is 14.7 Å². The maximum Gasteiger partial charge on any atom is 0.249 e. The van der Waals surface area contributed by atoms with Crippen LogP contribution >= 0.6 is 0 Å². The summed E-state index contributed by atoms with van der Waals surface area (Å²) in [7, 11) is 0. The van der Waals surface area contributed by atoms with Crippen LogP contribution in [0.5, 0.6) is 0 Å². The summed E-state index contributed by atoms with van der Waals surface area (Å²) in [4.78, 5) is 22.9. The standard InChI is InChI=1S/C13H26N2O3/c1-5-8-14-10(16)7-9-15-12(18)11(17)13(3,4)6-2/h11,17H,5-9H2,1-4H3,(H,14,16)(H,15,18). The molecule has 0 fully saturated rings. The Kier molecular flexibility index (Phi) is 7.59. The molecule has 5 nitrogen and oxygen atoms in total. The summed E-state index contributed by atoms with van der Waals surface area (Å²) >= 11 is 0. The third-order valence-electron chi connectivity index (χ3n) is 3.12. The average Bonchev–Trinajstić information content (AvgIpc) is 2.35. The highest BCUT2D eigenvalue weighted by Crippen LogP contribution is 2.24. The van der Waals surface area contributed by atoms with Crippen LogP contribution in [-0.2, 0) is 9.59 Å². The fourth-order valence-corrected chi connectivity index (χ4v) is 1.30. The van der Waals surface area contributed by atoms with Gasteiger partial charge in [0.25, 0.3) is 0 Å². The lowest BCUT2D eigenvalue weighted by Crippen LogP contribution is -2.44.